The molecule has 0 spiro atoms. The first kappa shape index (κ1) is 17.3. The van der Waals surface area contributed by atoms with Crippen LogP contribution in [0.4, 0.5) is 10.1 Å². The van der Waals surface area contributed by atoms with E-state index in [1.807, 2.05) is 30.3 Å². The van der Waals surface area contributed by atoms with Gasteiger partial charge in [-0.2, -0.15) is 0 Å². The van der Waals surface area contributed by atoms with Gasteiger partial charge in [0.05, 0.1) is 0 Å². The second-order valence-corrected chi connectivity index (χ2v) is 6.07. The molecule has 0 saturated heterocycles. The van der Waals surface area contributed by atoms with Crippen molar-refractivity contribution in [1.29, 1.82) is 0 Å². The van der Waals surface area contributed by atoms with E-state index in [4.69, 9.17) is 5.73 Å². The van der Waals surface area contributed by atoms with Crippen LogP contribution in [0.3, 0.4) is 0 Å². The van der Waals surface area contributed by atoms with Gasteiger partial charge in [-0.15, -0.1) is 0 Å². The monoisotopic (exact) mass is 339 g/mol. The zero-order valence-electron chi connectivity index (χ0n) is 14.0. The highest BCUT2D eigenvalue weighted by Crippen LogP contribution is 2.24. The molecule has 1 aliphatic rings. The molecule has 2 aromatic rings. The molecule has 5 heteroatoms. The molecule has 0 unspecified atom stereocenters. The Hall–Kier alpha value is -2.50. The molecule has 3 rings (SSSR count). The second kappa shape index (κ2) is 8.05. The van der Waals surface area contributed by atoms with E-state index < -0.39 is 0 Å². The Morgan fingerprint density at radius 3 is 2.64 bits per heavy atom. The van der Waals surface area contributed by atoms with Gasteiger partial charge in [-0.25, -0.2) is 4.39 Å². The van der Waals surface area contributed by atoms with Crippen molar-refractivity contribution in [3.63, 3.8) is 0 Å². The summed E-state index contributed by atoms with van der Waals surface area (Å²) in [4.78, 5) is 12.3. The van der Waals surface area contributed by atoms with Crippen molar-refractivity contribution in [3.8, 4) is 0 Å². The van der Waals surface area contributed by atoms with Crippen LogP contribution in [-0.4, -0.2) is 25.5 Å². The van der Waals surface area contributed by atoms with Gasteiger partial charge in [0.15, 0.2) is 0 Å². The van der Waals surface area contributed by atoms with Gasteiger partial charge in [0, 0.05) is 23.4 Å². The Morgan fingerprint density at radius 1 is 1.20 bits per heavy atom. The number of hydrogen-bond donors (Lipinski definition) is 3. The number of carbonyl (C=O) groups is 1. The van der Waals surface area contributed by atoms with Crippen molar-refractivity contribution in [2.45, 2.75) is 12.8 Å². The maximum absolute atomic E-state index is 14.4. The molecule has 1 aliphatic heterocycles. The van der Waals surface area contributed by atoms with E-state index in [2.05, 4.69) is 10.6 Å². The number of anilines is 1. The van der Waals surface area contributed by atoms with Crippen molar-refractivity contribution >= 4 is 17.2 Å². The highest BCUT2D eigenvalue weighted by atomic mass is 19.1. The smallest absolute Gasteiger partial charge is 0.255 e. The number of carbonyl (C=O) groups excluding carboxylic acids is 1. The lowest BCUT2D eigenvalue weighted by Crippen LogP contribution is -2.20. The second-order valence-electron chi connectivity index (χ2n) is 6.07. The third kappa shape index (κ3) is 4.32. The van der Waals surface area contributed by atoms with Crippen LogP contribution in [0.15, 0.2) is 48.5 Å². The quantitative estimate of drug-likeness (QED) is 0.784. The molecule has 2 aromatic carbocycles. The summed E-state index contributed by atoms with van der Waals surface area (Å²) in [5.74, 6) is -0.685. The molecule has 0 bridgehead atoms. The predicted octanol–water partition coefficient (Wildman–Crippen LogP) is 2.96. The Bertz CT molecular complexity index is 784. The average Bonchev–Trinajstić information content (AvgIpc) is 2.64. The molecule has 130 valence electrons. The first-order valence-electron chi connectivity index (χ1n) is 8.47. The number of nitrogens with two attached hydrogens (primary N) is 1. The maximum Gasteiger partial charge on any atom is 0.255 e. The first-order chi connectivity index (χ1) is 12.2. The van der Waals surface area contributed by atoms with E-state index in [0.29, 0.717) is 23.4 Å². The molecule has 0 radical (unpaired) electrons. The highest BCUT2D eigenvalue weighted by Gasteiger charge is 2.14. The van der Waals surface area contributed by atoms with Crippen molar-refractivity contribution in [2.75, 3.05) is 25.0 Å². The predicted molar refractivity (Wildman–Crippen MR) is 99.0 cm³/mol. The van der Waals surface area contributed by atoms with Crippen LogP contribution in [0, 0.1) is 5.82 Å². The number of benzene rings is 2. The normalized spacial score (nSPS) is 14.1. The fraction of sp³-hybridized carbons (Fsp3) is 0.250. The summed E-state index contributed by atoms with van der Waals surface area (Å²) in [6.07, 6.45) is 3.58. The lowest BCUT2D eigenvalue weighted by molar-refractivity contribution is 0.102. The Labute approximate surface area is 146 Å². The largest absolute Gasteiger partial charge is 0.330 e. The molecular weight excluding hydrogens is 317 g/mol. The average molecular weight is 339 g/mol. The van der Waals surface area contributed by atoms with Gasteiger partial charge in [0.2, 0.25) is 0 Å². The fourth-order valence-corrected chi connectivity index (χ4v) is 2.91. The molecule has 4 nitrogen and oxygen atoms in total. The minimum atomic E-state index is -0.362. The van der Waals surface area contributed by atoms with Gasteiger partial charge in [-0.05, 0) is 61.3 Å². The molecule has 1 amide bonds. The fourth-order valence-electron chi connectivity index (χ4n) is 2.91. The van der Waals surface area contributed by atoms with E-state index in [9.17, 15) is 9.18 Å². The van der Waals surface area contributed by atoms with Gasteiger partial charge in [0.25, 0.3) is 5.91 Å². The summed E-state index contributed by atoms with van der Waals surface area (Å²) in [7, 11) is 0. The van der Waals surface area contributed by atoms with Gasteiger partial charge < -0.3 is 16.4 Å². The molecule has 0 aromatic heterocycles. The highest BCUT2D eigenvalue weighted by molar-refractivity contribution is 6.04. The Balaban J connectivity index is 1.71. The lowest BCUT2D eigenvalue weighted by Gasteiger charge is -2.15. The number of hydrogen-bond acceptors (Lipinski definition) is 3. The summed E-state index contributed by atoms with van der Waals surface area (Å²) >= 11 is 0. The molecule has 0 saturated carbocycles. The lowest BCUT2D eigenvalue weighted by atomic mass is 9.98. The number of halogens is 1. The standard InChI is InChI=1S/C20H22FN3O/c21-19-13-16(3-6-18(19)15-8-11-23-12-9-15)20(25)24-17-4-1-14(2-5-17)7-10-22/h1-6,8,13,23H,7,9-12,22H2,(H,24,25). The van der Waals surface area contributed by atoms with Gasteiger partial charge in [0.1, 0.15) is 5.82 Å². The third-order valence-corrected chi connectivity index (χ3v) is 4.29. The van der Waals surface area contributed by atoms with Gasteiger partial charge in [-0.3, -0.25) is 4.79 Å². The van der Waals surface area contributed by atoms with E-state index in [1.165, 1.54) is 6.07 Å². The molecule has 0 atom stereocenters. The van der Waals surface area contributed by atoms with Crippen LogP contribution >= 0.6 is 0 Å². The minimum absolute atomic E-state index is 0.307. The molecule has 0 fully saturated rings. The van der Waals surface area contributed by atoms with Crippen molar-refractivity contribution in [1.82, 2.24) is 5.32 Å². The molecule has 1 heterocycles. The Kier molecular flexibility index (Phi) is 5.58. The van der Waals surface area contributed by atoms with Gasteiger partial charge >= 0.3 is 0 Å². The van der Waals surface area contributed by atoms with Crippen LogP contribution in [0.2, 0.25) is 0 Å². The van der Waals surface area contributed by atoms with Crippen LogP contribution in [0.25, 0.3) is 5.57 Å². The zero-order valence-corrected chi connectivity index (χ0v) is 14.0. The van der Waals surface area contributed by atoms with Crippen molar-refractivity contribution < 1.29 is 9.18 Å². The van der Waals surface area contributed by atoms with E-state index in [1.54, 1.807) is 12.1 Å². The number of rotatable bonds is 5. The Morgan fingerprint density at radius 2 is 2.00 bits per heavy atom. The van der Waals surface area contributed by atoms with Crippen molar-refractivity contribution in [3.05, 3.63) is 71.0 Å². The van der Waals surface area contributed by atoms with E-state index >= 15 is 0 Å². The summed E-state index contributed by atoms with van der Waals surface area (Å²) in [5, 5.41) is 6.00. The first-order valence-corrected chi connectivity index (χ1v) is 8.47. The molecule has 25 heavy (non-hydrogen) atoms. The van der Waals surface area contributed by atoms with Crippen LogP contribution < -0.4 is 16.4 Å². The summed E-state index contributed by atoms with van der Waals surface area (Å²) < 4.78 is 14.4. The SMILES string of the molecule is NCCc1ccc(NC(=O)c2ccc(C3=CCNCC3)c(F)c2)cc1. The third-order valence-electron chi connectivity index (χ3n) is 4.29. The molecule has 4 N–H and O–H groups in total. The van der Waals surface area contributed by atoms with Crippen LogP contribution in [0.5, 0.6) is 0 Å². The minimum Gasteiger partial charge on any atom is -0.330 e. The van der Waals surface area contributed by atoms with Crippen LogP contribution in [-0.2, 0) is 6.42 Å². The number of amides is 1. The molecule has 0 aliphatic carbocycles. The zero-order chi connectivity index (χ0) is 17.6. The summed E-state index contributed by atoms with van der Waals surface area (Å²) in [6, 6.07) is 12.2. The van der Waals surface area contributed by atoms with Crippen LogP contribution in [0.1, 0.15) is 27.9 Å². The summed E-state index contributed by atoms with van der Waals surface area (Å²) in [6.45, 7) is 2.18. The van der Waals surface area contributed by atoms with Gasteiger partial charge in [-0.1, -0.05) is 24.3 Å². The number of nitrogens with one attached hydrogen (secondary N) is 2. The summed E-state index contributed by atoms with van der Waals surface area (Å²) in [5.41, 5.74) is 9.18. The topological polar surface area (TPSA) is 67.1 Å². The maximum atomic E-state index is 14.4. The van der Waals surface area contributed by atoms with Crippen molar-refractivity contribution in [2.24, 2.45) is 5.73 Å². The van der Waals surface area contributed by atoms with E-state index in [0.717, 1.165) is 37.1 Å². The van der Waals surface area contributed by atoms with E-state index in [-0.39, 0.29) is 11.7 Å². The molecular formula is C20H22FN3O.